The Morgan fingerprint density at radius 2 is 0.486 bits per heavy atom. The van der Waals surface area contributed by atoms with E-state index in [1.165, 1.54) is 0 Å². The van der Waals surface area contributed by atoms with Gasteiger partial charge in [-0.3, -0.25) is 0 Å². The molecule has 1 fully saturated rings. The summed E-state index contributed by atoms with van der Waals surface area (Å²) in [5.41, 5.74) is 29.7. The Morgan fingerprint density at radius 1 is 0.343 bits per heavy atom. The van der Waals surface area contributed by atoms with E-state index in [1.54, 1.807) is 0 Å². The first-order chi connectivity index (χ1) is 16.3. The van der Waals surface area contributed by atoms with Gasteiger partial charge in [0.05, 0.1) is 0 Å². The van der Waals surface area contributed by atoms with Crippen LogP contribution in [0.5, 0.6) is 0 Å². The molecular formula is C20H55N5O5Si5. The number of hydrogen-bond acceptors (Lipinski definition) is 10. The van der Waals surface area contributed by atoms with E-state index >= 15 is 0 Å². The van der Waals surface area contributed by atoms with E-state index in [9.17, 15) is 0 Å². The van der Waals surface area contributed by atoms with Gasteiger partial charge in [0.2, 0.25) is 0 Å². The van der Waals surface area contributed by atoms with Crippen LogP contribution in [0.2, 0.25) is 63.0 Å². The zero-order valence-electron chi connectivity index (χ0n) is 23.0. The van der Waals surface area contributed by atoms with Crippen LogP contribution in [0.4, 0.5) is 0 Å². The predicted molar refractivity (Wildman–Crippen MR) is 156 cm³/mol. The quantitative estimate of drug-likeness (QED) is 0.179. The van der Waals surface area contributed by atoms with Crippen molar-refractivity contribution in [3.05, 3.63) is 0 Å². The van der Waals surface area contributed by atoms with Gasteiger partial charge in [-0.15, -0.1) is 0 Å². The molecule has 0 spiro atoms. The van der Waals surface area contributed by atoms with Crippen molar-refractivity contribution in [3.63, 3.8) is 0 Å². The van der Waals surface area contributed by atoms with Crippen molar-refractivity contribution in [1.82, 2.24) is 0 Å². The molecule has 0 aromatic rings. The molecule has 1 aliphatic rings. The molecule has 0 atom stereocenters. The third-order valence-corrected chi connectivity index (χ3v) is 29.9. The Kier molecular flexibility index (Phi) is 14.8. The van der Waals surface area contributed by atoms with Crippen molar-refractivity contribution < 1.29 is 20.6 Å². The minimum absolute atomic E-state index is 0.591. The van der Waals surface area contributed by atoms with Gasteiger partial charge < -0.3 is 49.2 Å². The molecule has 1 rings (SSSR count). The van der Waals surface area contributed by atoms with E-state index in [0.717, 1.165) is 62.3 Å². The molecule has 1 heterocycles. The van der Waals surface area contributed by atoms with Gasteiger partial charge in [-0.05, 0) is 128 Å². The molecular weight excluding hydrogens is 531 g/mol. The summed E-state index contributed by atoms with van der Waals surface area (Å²) in [4.78, 5) is 0. The van der Waals surface area contributed by atoms with Crippen molar-refractivity contribution in [3.8, 4) is 0 Å². The van der Waals surface area contributed by atoms with E-state index in [0.29, 0.717) is 32.7 Å². The van der Waals surface area contributed by atoms with Gasteiger partial charge in [0.1, 0.15) is 0 Å². The Hall–Kier alpha value is 0.684. The van der Waals surface area contributed by atoms with Crippen LogP contribution in [0.3, 0.4) is 0 Å². The molecule has 0 saturated carbocycles. The highest BCUT2D eigenvalue weighted by molar-refractivity contribution is 6.94. The Morgan fingerprint density at radius 3 is 0.600 bits per heavy atom. The zero-order valence-corrected chi connectivity index (χ0v) is 28.0. The van der Waals surface area contributed by atoms with Gasteiger partial charge >= 0.3 is 42.8 Å². The lowest BCUT2D eigenvalue weighted by Crippen LogP contribution is -2.67. The van der Waals surface area contributed by atoms with Crippen LogP contribution >= 0.6 is 0 Å². The summed E-state index contributed by atoms with van der Waals surface area (Å²) in [6, 6.07) is 4.01. The molecule has 210 valence electrons. The molecule has 0 aromatic carbocycles. The van der Waals surface area contributed by atoms with Crippen molar-refractivity contribution in [2.24, 2.45) is 28.7 Å². The fourth-order valence-corrected chi connectivity index (χ4v) is 34.3. The molecule has 10 nitrogen and oxygen atoms in total. The average Bonchev–Trinajstić information content (AvgIpc) is 2.76. The second-order valence-corrected chi connectivity index (χ2v) is 28.6. The predicted octanol–water partition coefficient (Wildman–Crippen LogP) is 2.19. The van der Waals surface area contributed by atoms with E-state index < -0.39 is 42.8 Å². The lowest BCUT2D eigenvalue weighted by Gasteiger charge is -2.50. The molecule has 0 unspecified atom stereocenters. The molecule has 0 amide bonds. The maximum atomic E-state index is 7.07. The summed E-state index contributed by atoms with van der Waals surface area (Å²) in [6.07, 6.45) is 4.19. The normalized spacial score (nSPS) is 36.9. The summed E-state index contributed by atoms with van der Waals surface area (Å²) in [5, 5.41) is 0. The topological polar surface area (TPSA) is 176 Å². The third-order valence-electron chi connectivity index (χ3n) is 6.33. The Balaban J connectivity index is 3.62. The van der Waals surface area contributed by atoms with Crippen LogP contribution in [0.25, 0.3) is 0 Å². The fraction of sp³-hybridized carbons (Fsp3) is 1.00. The molecule has 0 aliphatic carbocycles. The van der Waals surface area contributed by atoms with Crippen LogP contribution in [0.15, 0.2) is 0 Å². The van der Waals surface area contributed by atoms with E-state index in [4.69, 9.17) is 49.2 Å². The zero-order chi connectivity index (χ0) is 26.6. The van der Waals surface area contributed by atoms with Gasteiger partial charge in [-0.2, -0.15) is 0 Å². The smallest absolute Gasteiger partial charge is 0.317 e. The highest BCUT2D eigenvalue weighted by atomic mass is 28.5. The molecule has 35 heavy (non-hydrogen) atoms. The van der Waals surface area contributed by atoms with Crippen LogP contribution < -0.4 is 28.7 Å². The minimum Gasteiger partial charge on any atom is -0.416 e. The van der Waals surface area contributed by atoms with Crippen molar-refractivity contribution >= 4 is 42.8 Å². The summed E-state index contributed by atoms with van der Waals surface area (Å²) >= 11 is 0. The third kappa shape index (κ3) is 11.9. The standard InChI is InChI=1S/C20H55N5O5Si5/c1-31(16-6-11-21)26-32(2,17-7-12-22)28-34(4,19-9-14-24)30-35(5,20-10-15-25)29-33(3,27-31)18-8-13-23/h6-25H2,1-5H3. The lowest BCUT2D eigenvalue weighted by molar-refractivity contribution is 0.221. The first kappa shape index (κ1) is 33.7. The highest BCUT2D eigenvalue weighted by Crippen LogP contribution is 2.38. The van der Waals surface area contributed by atoms with Crippen molar-refractivity contribution in [2.75, 3.05) is 32.7 Å². The van der Waals surface area contributed by atoms with Crippen LogP contribution in [0.1, 0.15) is 32.1 Å². The van der Waals surface area contributed by atoms with Gasteiger partial charge in [0, 0.05) is 0 Å². The number of rotatable bonds is 15. The summed E-state index contributed by atoms with van der Waals surface area (Å²) in [5.74, 6) is 0. The highest BCUT2D eigenvalue weighted by Gasteiger charge is 2.56. The maximum Gasteiger partial charge on any atom is 0.317 e. The Labute approximate surface area is 219 Å². The molecule has 1 saturated heterocycles. The van der Waals surface area contributed by atoms with E-state index in [-0.39, 0.29) is 0 Å². The van der Waals surface area contributed by atoms with Gasteiger partial charge in [0.15, 0.2) is 0 Å². The summed E-state index contributed by atoms with van der Waals surface area (Å²) in [7, 11) is -13.5. The van der Waals surface area contributed by atoms with Crippen molar-refractivity contribution in [2.45, 2.75) is 95.1 Å². The summed E-state index contributed by atoms with van der Waals surface area (Å²) in [6.45, 7) is 13.8. The second-order valence-electron chi connectivity index (χ2n) is 10.6. The van der Waals surface area contributed by atoms with Gasteiger partial charge in [-0.25, -0.2) is 0 Å². The van der Waals surface area contributed by atoms with Crippen LogP contribution in [-0.2, 0) is 20.6 Å². The first-order valence-corrected chi connectivity index (χ1v) is 26.0. The van der Waals surface area contributed by atoms with Crippen LogP contribution in [-0.4, -0.2) is 75.5 Å². The SMILES string of the molecule is C[Si]1(CCCN)O[Si](C)(CCCN)O[Si](C)(CCCN)O[Si](C)(CCCN)O[Si](C)(CCCN)O1. The molecule has 15 heteroatoms. The molecule has 0 aromatic heterocycles. The van der Waals surface area contributed by atoms with Crippen LogP contribution in [0, 0.1) is 0 Å². The average molecular weight is 586 g/mol. The van der Waals surface area contributed by atoms with E-state index in [1.807, 2.05) is 0 Å². The largest absolute Gasteiger partial charge is 0.416 e. The minimum atomic E-state index is -2.70. The van der Waals surface area contributed by atoms with E-state index in [2.05, 4.69) is 32.7 Å². The van der Waals surface area contributed by atoms with Gasteiger partial charge in [-0.1, -0.05) is 0 Å². The lowest BCUT2D eigenvalue weighted by atomic mass is 10.5. The van der Waals surface area contributed by atoms with Gasteiger partial charge in [0.25, 0.3) is 0 Å². The first-order valence-electron chi connectivity index (χ1n) is 13.4. The van der Waals surface area contributed by atoms with Crippen molar-refractivity contribution in [1.29, 1.82) is 0 Å². The molecule has 0 radical (unpaired) electrons. The maximum absolute atomic E-state index is 7.07. The Bertz CT molecular complexity index is 487. The molecule has 1 aliphatic heterocycles. The molecule has 0 bridgehead atoms. The summed E-state index contributed by atoms with van der Waals surface area (Å²) < 4.78 is 35.4. The molecule has 10 N–H and O–H groups in total. The fourth-order valence-electron chi connectivity index (χ4n) is 5.01. The number of nitrogens with two attached hydrogens (primary N) is 5. The monoisotopic (exact) mass is 585 g/mol. The second kappa shape index (κ2) is 15.3. The number of hydrogen-bond donors (Lipinski definition) is 5.